The van der Waals surface area contributed by atoms with Crippen LogP contribution in [0.3, 0.4) is 0 Å². The minimum atomic E-state index is -0.318. The second-order valence-electron chi connectivity index (χ2n) is 5.96. The fraction of sp³-hybridized carbons (Fsp3) is 0.0500. The lowest BCUT2D eigenvalue weighted by atomic mass is 10.00. The molecule has 134 valence electrons. The summed E-state index contributed by atoms with van der Waals surface area (Å²) < 4.78 is 13.4. The van der Waals surface area contributed by atoms with Gasteiger partial charge in [-0.1, -0.05) is 0 Å². The molecule has 0 fully saturated rings. The SMILES string of the molecule is NCC(=O)Nc1ccc2c(-c3ccncc3)c(-c3ccc(F)cc3)[nH]c2n1. The van der Waals surface area contributed by atoms with E-state index in [9.17, 15) is 9.18 Å². The third kappa shape index (κ3) is 3.28. The summed E-state index contributed by atoms with van der Waals surface area (Å²) in [6, 6.07) is 13.7. The Morgan fingerprint density at radius 2 is 1.78 bits per heavy atom. The summed E-state index contributed by atoms with van der Waals surface area (Å²) in [6.45, 7) is -0.118. The van der Waals surface area contributed by atoms with Crippen LogP contribution in [0.25, 0.3) is 33.4 Å². The molecule has 27 heavy (non-hydrogen) atoms. The number of fused-ring (bicyclic) bond motifs is 1. The topological polar surface area (TPSA) is 96.7 Å². The molecule has 0 saturated carbocycles. The number of pyridine rings is 2. The van der Waals surface area contributed by atoms with Gasteiger partial charge < -0.3 is 16.0 Å². The Labute approximate surface area is 154 Å². The molecule has 6 nitrogen and oxygen atoms in total. The van der Waals surface area contributed by atoms with Crippen molar-refractivity contribution in [2.24, 2.45) is 5.73 Å². The van der Waals surface area contributed by atoms with E-state index in [1.54, 1.807) is 30.6 Å². The normalized spacial score (nSPS) is 10.9. The Balaban J connectivity index is 1.92. The number of aromatic nitrogens is 3. The van der Waals surface area contributed by atoms with Gasteiger partial charge in [0, 0.05) is 23.3 Å². The van der Waals surface area contributed by atoms with Crippen LogP contribution in [0.2, 0.25) is 0 Å². The van der Waals surface area contributed by atoms with Gasteiger partial charge >= 0.3 is 0 Å². The molecule has 0 bridgehead atoms. The molecule has 7 heteroatoms. The minimum absolute atomic E-state index is 0.118. The molecular weight excluding hydrogens is 345 g/mol. The van der Waals surface area contributed by atoms with Gasteiger partial charge in [0.25, 0.3) is 0 Å². The van der Waals surface area contributed by atoms with Crippen LogP contribution in [0, 0.1) is 5.82 Å². The van der Waals surface area contributed by atoms with Crippen LogP contribution < -0.4 is 11.1 Å². The molecule has 4 aromatic rings. The predicted octanol–water partition coefficient (Wildman–Crippen LogP) is 3.33. The number of rotatable bonds is 4. The third-order valence-corrected chi connectivity index (χ3v) is 4.21. The molecule has 1 aromatic carbocycles. The molecule has 4 N–H and O–H groups in total. The monoisotopic (exact) mass is 361 g/mol. The third-order valence-electron chi connectivity index (χ3n) is 4.21. The summed E-state index contributed by atoms with van der Waals surface area (Å²) in [5.74, 6) is -0.210. The Morgan fingerprint density at radius 3 is 2.48 bits per heavy atom. The molecule has 3 aromatic heterocycles. The van der Waals surface area contributed by atoms with Crippen LogP contribution in [0.1, 0.15) is 0 Å². The minimum Gasteiger partial charge on any atom is -0.339 e. The summed E-state index contributed by atoms with van der Waals surface area (Å²) in [4.78, 5) is 23.4. The lowest BCUT2D eigenvalue weighted by molar-refractivity contribution is -0.114. The quantitative estimate of drug-likeness (QED) is 0.519. The Morgan fingerprint density at radius 1 is 1.04 bits per heavy atom. The number of hydrogen-bond acceptors (Lipinski definition) is 4. The molecule has 4 rings (SSSR count). The molecule has 0 spiro atoms. The summed E-state index contributed by atoms with van der Waals surface area (Å²) >= 11 is 0. The zero-order valence-corrected chi connectivity index (χ0v) is 14.2. The Bertz CT molecular complexity index is 1110. The summed E-state index contributed by atoms with van der Waals surface area (Å²) in [6.07, 6.45) is 3.43. The van der Waals surface area contributed by atoms with Crippen molar-refractivity contribution in [2.45, 2.75) is 0 Å². The first kappa shape index (κ1) is 16.9. The highest BCUT2D eigenvalue weighted by Crippen LogP contribution is 2.37. The average Bonchev–Trinajstić information content (AvgIpc) is 3.07. The smallest absolute Gasteiger partial charge is 0.239 e. The van der Waals surface area contributed by atoms with E-state index in [2.05, 4.69) is 20.3 Å². The number of benzene rings is 1. The van der Waals surface area contributed by atoms with Crippen molar-refractivity contribution in [3.63, 3.8) is 0 Å². The van der Waals surface area contributed by atoms with Crippen LogP contribution in [-0.4, -0.2) is 27.4 Å². The van der Waals surface area contributed by atoms with Gasteiger partial charge in [0.05, 0.1) is 12.2 Å². The lowest BCUT2D eigenvalue weighted by Crippen LogP contribution is -2.22. The van der Waals surface area contributed by atoms with Crippen molar-refractivity contribution in [1.82, 2.24) is 15.0 Å². The fourth-order valence-electron chi connectivity index (χ4n) is 2.99. The average molecular weight is 361 g/mol. The number of nitrogens with zero attached hydrogens (tertiary/aromatic N) is 2. The van der Waals surface area contributed by atoms with Gasteiger partial charge in [-0.2, -0.15) is 0 Å². The number of hydrogen-bond donors (Lipinski definition) is 3. The van der Waals surface area contributed by atoms with E-state index >= 15 is 0 Å². The number of amides is 1. The summed E-state index contributed by atoms with van der Waals surface area (Å²) in [5, 5.41) is 3.53. The van der Waals surface area contributed by atoms with Gasteiger partial charge in [-0.25, -0.2) is 9.37 Å². The van der Waals surface area contributed by atoms with E-state index in [1.807, 2.05) is 18.2 Å². The molecule has 0 aliphatic rings. The highest BCUT2D eigenvalue weighted by Gasteiger charge is 2.16. The molecular formula is C20H16FN5O. The van der Waals surface area contributed by atoms with Crippen molar-refractivity contribution < 1.29 is 9.18 Å². The Hall–Kier alpha value is -3.58. The number of nitrogens with two attached hydrogens (primary N) is 1. The molecule has 1 amide bonds. The molecule has 0 radical (unpaired) electrons. The second-order valence-corrected chi connectivity index (χ2v) is 5.96. The number of anilines is 1. The van der Waals surface area contributed by atoms with Gasteiger partial charge in [0.15, 0.2) is 0 Å². The highest BCUT2D eigenvalue weighted by atomic mass is 19.1. The Kier molecular flexibility index (Phi) is 4.35. The van der Waals surface area contributed by atoms with Crippen LogP contribution >= 0.6 is 0 Å². The maximum absolute atomic E-state index is 13.4. The zero-order valence-electron chi connectivity index (χ0n) is 14.2. The number of halogens is 1. The molecule has 0 saturated heterocycles. The van der Waals surface area contributed by atoms with E-state index < -0.39 is 0 Å². The lowest BCUT2D eigenvalue weighted by Gasteiger charge is -2.05. The van der Waals surface area contributed by atoms with Crippen LogP contribution in [0.5, 0.6) is 0 Å². The van der Waals surface area contributed by atoms with Crippen molar-refractivity contribution in [3.05, 3.63) is 66.7 Å². The first-order valence-corrected chi connectivity index (χ1v) is 8.34. The zero-order chi connectivity index (χ0) is 18.8. The van der Waals surface area contributed by atoms with Gasteiger partial charge in [0.1, 0.15) is 17.3 Å². The number of aromatic amines is 1. The fourth-order valence-corrected chi connectivity index (χ4v) is 2.99. The second kappa shape index (κ2) is 6.97. The van der Waals surface area contributed by atoms with Crippen molar-refractivity contribution >= 4 is 22.8 Å². The molecule has 0 unspecified atom stereocenters. The first-order valence-electron chi connectivity index (χ1n) is 8.34. The van der Waals surface area contributed by atoms with Gasteiger partial charge in [-0.05, 0) is 59.7 Å². The summed E-state index contributed by atoms with van der Waals surface area (Å²) in [7, 11) is 0. The van der Waals surface area contributed by atoms with Crippen molar-refractivity contribution in [3.8, 4) is 22.4 Å². The van der Waals surface area contributed by atoms with Gasteiger partial charge in [0.2, 0.25) is 5.91 Å². The van der Waals surface area contributed by atoms with E-state index in [0.717, 1.165) is 27.8 Å². The highest BCUT2D eigenvalue weighted by molar-refractivity contribution is 6.03. The summed E-state index contributed by atoms with van der Waals surface area (Å²) in [5.41, 5.74) is 9.48. The van der Waals surface area contributed by atoms with Crippen LogP contribution in [-0.2, 0) is 4.79 Å². The van der Waals surface area contributed by atoms with E-state index in [0.29, 0.717) is 11.5 Å². The van der Waals surface area contributed by atoms with Crippen LogP contribution in [0.15, 0.2) is 60.9 Å². The van der Waals surface area contributed by atoms with E-state index in [-0.39, 0.29) is 18.3 Å². The largest absolute Gasteiger partial charge is 0.339 e. The van der Waals surface area contributed by atoms with E-state index in [1.165, 1.54) is 12.1 Å². The van der Waals surface area contributed by atoms with Crippen molar-refractivity contribution in [2.75, 3.05) is 11.9 Å². The van der Waals surface area contributed by atoms with Crippen LogP contribution in [0.4, 0.5) is 10.2 Å². The number of carbonyl (C=O) groups is 1. The number of H-pyrrole nitrogens is 1. The predicted molar refractivity (Wildman–Crippen MR) is 102 cm³/mol. The molecule has 0 atom stereocenters. The number of nitrogens with one attached hydrogen (secondary N) is 2. The van der Waals surface area contributed by atoms with Gasteiger partial charge in [-0.3, -0.25) is 9.78 Å². The standard InChI is InChI=1S/C20H16FN5O/c21-14-3-1-13(2-4-14)19-18(12-7-9-23-10-8-12)15-5-6-16(24-17(27)11-22)25-20(15)26-19/h1-10H,11,22H2,(H2,24,25,26,27). The van der Waals surface area contributed by atoms with Crippen molar-refractivity contribution in [1.29, 1.82) is 0 Å². The first-order chi connectivity index (χ1) is 13.2. The maximum atomic E-state index is 13.4. The molecule has 0 aliphatic heterocycles. The molecule has 3 heterocycles. The maximum Gasteiger partial charge on any atom is 0.239 e. The van der Waals surface area contributed by atoms with Gasteiger partial charge in [-0.15, -0.1) is 0 Å². The number of carbonyl (C=O) groups excluding carboxylic acids is 1. The molecule has 0 aliphatic carbocycles. The van der Waals surface area contributed by atoms with E-state index in [4.69, 9.17) is 5.73 Å².